The maximum Gasteiger partial charge on any atom is 0.222 e. The van der Waals surface area contributed by atoms with Gasteiger partial charge in [-0.1, -0.05) is 23.4 Å². The summed E-state index contributed by atoms with van der Waals surface area (Å²) in [6.45, 7) is 0. The molecule has 0 aliphatic carbocycles. The van der Waals surface area contributed by atoms with Crippen LogP contribution in [0.1, 0.15) is 5.56 Å². The van der Waals surface area contributed by atoms with E-state index in [0.29, 0.717) is 16.7 Å². The highest BCUT2D eigenvalue weighted by Gasteiger charge is 2.07. The molecule has 7 heteroatoms. The lowest BCUT2D eigenvalue weighted by atomic mass is 10.3. The summed E-state index contributed by atoms with van der Waals surface area (Å²) in [6.07, 6.45) is 3.34. The van der Waals surface area contributed by atoms with Crippen molar-refractivity contribution in [2.45, 2.75) is 10.9 Å². The summed E-state index contributed by atoms with van der Waals surface area (Å²) in [5.74, 6) is 1.12. The molecule has 0 unspecified atom stereocenters. The second-order valence-corrected chi connectivity index (χ2v) is 4.51. The van der Waals surface area contributed by atoms with Crippen molar-refractivity contribution in [1.29, 1.82) is 0 Å². The van der Waals surface area contributed by atoms with Crippen molar-refractivity contribution >= 4 is 29.3 Å². The number of nitrogens with zero attached hydrogens (tertiary/aromatic N) is 4. The van der Waals surface area contributed by atoms with Gasteiger partial charge in [0.05, 0.1) is 5.02 Å². The van der Waals surface area contributed by atoms with Crippen molar-refractivity contribution in [3.8, 4) is 0 Å². The van der Waals surface area contributed by atoms with Crippen LogP contribution in [0.4, 0.5) is 5.95 Å². The van der Waals surface area contributed by atoms with E-state index in [1.807, 2.05) is 13.1 Å². The minimum absolute atomic E-state index is 0.406. The van der Waals surface area contributed by atoms with Crippen LogP contribution in [0.2, 0.25) is 5.02 Å². The standard InChI is InChI=1S/C9H10ClN5S/c1-15-8(11)13-14-9(15)16-5-6-2-3-12-4-7(6)10/h2-4H,5H2,1H3,(H2,11,13). The predicted molar refractivity (Wildman–Crippen MR) is 64.2 cm³/mol. The molecular weight excluding hydrogens is 246 g/mol. The van der Waals surface area contributed by atoms with Gasteiger partial charge in [0, 0.05) is 25.2 Å². The van der Waals surface area contributed by atoms with Crippen LogP contribution in [-0.4, -0.2) is 19.7 Å². The molecule has 2 aromatic heterocycles. The zero-order chi connectivity index (χ0) is 11.5. The summed E-state index contributed by atoms with van der Waals surface area (Å²) in [6, 6.07) is 1.88. The molecule has 0 spiro atoms. The van der Waals surface area contributed by atoms with Gasteiger partial charge in [-0.25, -0.2) is 0 Å². The van der Waals surface area contributed by atoms with Crippen molar-refractivity contribution in [1.82, 2.24) is 19.7 Å². The van der Waals surface area contributed by atoms with E-state index in [1.165, 1.54) is 11.8 Å². The number of rotatable bonds is 3. The normalized spacial score (nSPS) is 10.6. The zero-order valence-corrected chi connectivity index (χ0v) is 10.2. The third-order valence-electron chi connectivity index (χ3n) is 2.08. The second kappa shape index (κ2) is 4.71. The molecule has 5 nitrogen and oxygen atoms in total. The highest BCUT2D eigenvalue weighted by atomic mass is 35.5. The van der Waals surface area contributed by atoms with Gasteiger partial charge < -0.3 is 5.73 Å². The van der Waals surface area contributed by atoms with Gasteiger partial charge in [0.15, 0.2) is 5.16 Å². The molecule has 2 N–H and O–H groups in total. The predicted octanol–water partition coefficient (Wildman–Crippen LogP) is 1.74. The Labute approximate surface area is 102 Å². The molecule has 0 radical (unpaired) electrons. The molecular formula is C9H10ClN5S. The Morgan fingerprint density at radius 3 is 2.94 bits per heavy atom. The second-order valence-electron chi connectivity index (χ2n) is 3.16. The summed E-state index contributed by atoms with van der Waals surface area (Å²) in [5, 5.41) is 9.15. The first-order chi connectivity index (χ1) is 7.68. The number of pyridine rings is 1. The molecule has 0 aromatic carbocycles. The Morgan fingerprint density at radius 2 is 2.31 bits per heavy atom. The van der Waals surface area contributed by atoms with E-state index in [-0.39, 0.29) is 0 Å². The van der Waals surface area contributed by atoms with Gasteiger partial charge in [0.1, 0.15) is 0 Å². The van der Waals surface area contributed by atoms with E-state index >= 15 is 0 Å². The molecule has 0 saturated carbocycles. The molecule has 0 aliphatic rings. The lowest BCUT2D eigenvalue weighted by Gasteiger charge is -2.03. The molecule has 0 saturated heterocycles. The summed E-state index contributed by atoms with van der Waals surface area (Å²) in [4.78, 5) is 3.93. The monoisotopic (exact) mass is 255 g/mol. The fraction of sp³-hybridized carbons (Fsp3) is 0.222. The Morgan fingerprint density at radius 1 is 1.50 bits per heavy atom. The molecule has 0 bridgehead atoms. The number of aromatic nitrogens is 4. The number of thioether (sulfide) groups is 1. The Bertz CT molecular complexity index is 498. The van der Waals surface area contributed by atoms with Crippen molar-refractivity contribution in [3.05, 3.63) is 29.0 Å². The summed E-state index contributed by atoms with van der Waals surface area (Å²) in [5.41, 5.74) is 6.60. The maximum atomic E-state index is 5.99. The van der Waals surface area contributed by atoms with E-state index in [4.69, 9.17) is 17.3 Å². The molecule has 2 heterocycles. The van der Waals surface area contributed by atoms with Crippen molar-refractivity contribution in [2.24, 2.45) is 7.05 Å². The van der Waals surface area contributed by atoms with Crippen LogP contribution in [0, 0.1) is 0 Å². The smallest absolute Gasteiger partial charge is 0.222 e. The van der Waals surface area contributed by atoms with Crippen LogP contribution in [0.15, 0.2) is 23.6 Å². The highest BCUT2D eigenvalue weighted by Crippen LogP contribution is 2.24. The number of nitrogens with two attached hydrogens (primary N) is 1. The molecule has 0 amide bonds. The first kappa shape index (κ1) is 11.2. The molecule has 0 atom stereocenters. The van der Waals surface area contributed by atoms with E-state index in [0.717, 1.165) is 10.7 Å². The summed E-state index contributed by atoms with van der Waals surface area (Å²) >= 11 is 7.52. The Balaban J connectivity index is 2.08. The van der Waals surface area contributed by atoms with E-state index in [9.17, 15) is 0 Å². The summed E-state index contributed by atoms with van der Waals surface area (Å²) in [7, 11) is 1.83. The molecule has 84 valence electrons. The Hall–Kier alpha value is -1.27. The van der Waals surface area contributed by atoms with Crippen molar-refractivity contribution in [3.63, 3.8) is 0 Å². The van der Waals surface area contributed by atoms with Gasteiger partial charge in [-0.15, -0.1) is 10.2 Å². The molecule has 0 aliphatic heterocycles. The maximum absolute atomic E-state index is 5.99. The largest absolute Gasteiger partial charge is 0.368 e. The van der Waals surface area contributed by atoms with Gasteiger partial charge in [-0.05, 0) is 11.6 Å². The van der Waals surface area contributed by atoms with Gasteiger partial charge in [-0.2, -0.15) is 0 Å². The lowest BCUT2D eigenvalue weighted by Crippen LogP contribution is -1.98. The fourth-order valence-corrected chi connectivity index (χ4v) is 2.30. The molecule has 0 fully saturated rings. The fourth-order valence-electron chi connectivity index (χ4n) is 1.12. The molecule has 16 heavy (non-hydrogen) atoms. The topological polar surface area (TPSA) is 69.6 Å². The third kappa shape index (κ3) is 2.28. The van der Waals surface area contributed by atoms with Crippen LogP contribution in [0.5, 0.6) is 0 Å². The van der Waals surface area contributed by atoms with Crippen LogP contribution in [0.3, 0.4) is 0 Å². The van der Waals surface area contributed by atoms with E-state index in [1.54, 1.807) is 17.0 Å². The van der Waals surface area contributed by atoms with Crippen molar-refractivity contribution < 1.29 is 0 Å². The number of halogens is 1. The van der Waals surface area contributed by atoms with Gasteiger partial charge in [0.25, 0.3) is 0 Å². The minimum atomic E-state index is 0.406. The van der Waals surface area contributed by atoms with Crippen LogP contribution < -0.4 is 5.73 Å². The van der Waals surface area contributed by atoms with Gasteiger partial charge in [-0.3, -0.25) is 9.55 Å². The van der Waals surface area contributed by atoms with E-state index < -0.39 is 0 Å². The van der Waals surface area contributed by atoms with E-state index in [2.05, 4.69) is 15.2 Å². The number of hydrogen-bond acceptors (Lipinski definition) is 5. The SMILES string of the molecule is Cn1c(N)nnc1SCc1ccncc1Cl. The highest BCUT2D eigenvalue weighted by molar-refractivity contribution is 7.98. The number of hydrogen-bond donors (Lipinski definition) is 1. The molecule has 2 rings (SSSR count). The number of anilines is 1. The third-order valence-corrected chi connectivity index (χ3v) is 3.49. The van der Waals surface area contributed by atoms with Crippen molar-refractivity contribution in [2.75, 3.05) is 5.73 Å². The minimum Gasteiger partial charge on any atom is -0.368 e. The average Bonchev–Trinajstić information content (AvgIpc) is 2.59. The average molecular weight is 256 g/mol. The zero-order valence-electron chi connectivity index (χ0n) is 8.59. The first-order valence-electron chi connectivity index (χ1n) is 4.54. The summed E-state index contributed by atoms with van der Waals surface area (Å²) < 4.78 is 1.74. The van der Waals surface area contributed by atoms with Crippen LogP contribution in [-0.2, 0) is 12.8 Å². The van der Waals surface area contributed by atoms with Crippen LogP contribution >= 0.6 is 23.4 Å². The van der Waals surface area contributed by atoms with Gasteiger partial charge >= 0.3 is 0 Å². The quantitative estimate of drug-likeness (QED) is 0.846. The lowest BCUT2D eigenvalue weighted by molar-refractivity contribution is 0.796. The number of nitrogen functional groups attached to an aromatic ring is 1. The first-order valence-corrected chi connectivity index (χ1v) is 5.91. The Kier molecular flexibility index (Phi) is 3.31. The van der Waals surface area contributed by atoms with Crippen LogP contribution in [0.25, 0.3) is 0 Å². The van der Waals surface area contributed by atoms with Gasteiger partial charge in [0.2, 0.25) is 5.95 Å². The molecule has 2 aromatic rings.